The molecule has 0 bridgehead atoms. The summed E-state index contributed by atoms with van der Waals surface area (Å²) in [4.78, 5) is 9.68. The van der Waals surface area contributed by atoms with Gasteiger partial charge in [-0.1, -0.05) is 0 Å². The topological polar surface area (TPSA) is 17.1 Å². The van der Waals surface area contributed by atoms with Crippen LogP contribution < -0.4 is 75.4 Å². The summed E-state index contributed by atoms with van der Waals surface area (Å²) in [6.07, 6.45) is 0. The van der Waals surface area contributed by atoms with Crippen LogP contribution in [-0.2, 0) is 4.79 Å². The van der Waals surface area contributed by atoms with Gasteiger partial charge < -0.3 is 24.0 Å². The average Bonchev–Trinajstić information content (AvgIpc) is 1.38. The summed E-state index contributed by atoms with van der Waals surface area (Å²) in [5.41, 5.74) is 0. The summed E-state index contributed by atoms with van der Waals surface area (Å²) in [6, 6.07) is 0. The van der Waals surface area contributed by atoms with Crippen molar-refractivity contribution in [1.29, 1.82) is 0 Å². The van der Waals surface area contributed by atoms with Crippen LogP contribution in [0.1, 0.15) is 6.92 Å². The van der Waals surface area contributed by atoms with Gasteiger partial charge in [0, 0.05) is 0 Å². The first-order valence-electron chi connectivity index (χ1n) is 1.32. The molecule has 7 heavy (non-hydrogen) atoms. The van der Waals surface area contributed by atoms with E-state index >= 15 is 0 Å². The molecule has 38 valence electrons. The standard InChI is InChI=1S/C3H5ClO.HI.K/c1-3(5)2-4;;/h2H2,1H3;1H;/q;;+1/p-1. The largest absolute Gasteiger partial charge is 1.00 e. The third-order valence-corrected chi connectivity index (χ3v) is 0.565. The SMILES string of the molecule is CC(=O)CCl.[I-].[K+]. The zero-order chi connectivity index (χ0) is 4.28. The molecule has 0 N–H and O–H groups in total. The minimum Gasteiger partial charge on any atom is -1.00 e. The van der Waals surface area contributed by atoms with Crippen molar-refractivity contribution in [2.24, 2.45) is 0 Å². The smallest absolute Gasteiger partial charge is 1.00 e. The summed E-state index contributed by atoms with van der Waals surface area (Å²) >= 11 is 4.99. The van der Waals surface area contributed by atoms with Crippen molar-refractivity contribution < 1.29 is 80.2 Å². The van der Waals surface area contributed by atoms with Crippen LogP contribution in [0, 0.1) is 0 Å². The zero-order valence-electron chi connectivity index (χ0n) is 4.37. The van der Waals surface area contributed by atoms with Crippen LogP contribution in [0.2, 0.25) is 0 Å². The maximum atomic E-state index is 9.68. The van der Waals surface area contributed by atoms with E-state index in [1.807, 2.05) is 0 Å². The van der Waals surface area contributed by atoms with Crippen molar-refractivity contribution in [3.8, 4) is 0 Å². The van der Waals surface area contributed by atoms with Gasteiger partial charge in [-0.25, -0.2) is 0 Å². The van der Waals surface area contributed by atoms with Gasteiger partial charge >= 0.3 is 51.4 Å². The second-order valence-corrected chi connectivity index (χ2v) is 1.10. The van der Waals surface area contributed by atoms with Crippen LogP contribution in [0.4, 0.5) is 0 Å². The number of ketones is 1. The van der Waals surface area contributed by atoms with Crippen molar-refractivity contribution in [2.75, 3.05) is 5.88 Å². The van der Waals surface area contributed by atoms with Crippen LogP contribution >= 0.6 is 11.6 Å². The molecule has 0 aliphatic carbocycles. The number of hydrogen-bond donors (Lipinski definition) is 0. The summed E-state index contributed by atoms with van der Waals surface area (Å²) in [7, 11) is 0. The molecule has 0 aliphatic rings. The molecule has 4 heteroatoms. The van der Waals surface area contributed by atoms with E-state index in [-0.39, 0.29) is 87.0 Å². The van der Waals surface area contributed by atoms with E-state index in [1.165, 1.54) is 6.92 Å². The Balaban J connectivity index is -0.0000000800. The molecule has 0 radical (unpaired) electrons. The molecule has 0 aliphatic heterocycles. The molecule has 0 unspecified atom stereocenters. The zero-order valence-corrected chi connectivity index (χ0v) is 10.4. The molecule has 0 fully saturated rings. The van der Waals surface area contributed by atoms with E-state index < -0.39 is 0 Å². The minimum absolute atomic E-state index is 0. The molecular weight excluding hydrogens is 253 g/mol. The van der Waals surface area contributed by atoms with Crippen LogP contribution in [-0.4, -0.2) is 11.7 Å². The fourth-order valence-corrected chi connectivity index (χ4v) is 0. The minimum atomic E-state index is 0. The number of carbonyl (C=O) groups excluding carboxylic acids is 1. The molecule has 0 aromatic heterocycles. The molecule has 0 saturated carbocycles. The molecule has 0 saturated heterocycles. The van der Waals surface area contributed by atoms with Crippen molar-refractivity contribution in [3.05, 3.63) is 0 Å². The molecule has 0 amide bonds. The summed E-state index contributed by atoms with van der Waals surface area (Å²) in [5, 5.41) is 0. The average molecular weight is 259 g/mol. The normalized spacial score (nSPS) is 5.43. The molecule has 0 rings (SSSR count). The number of hydrogen-bond acceptors (Lipinski definition) is 1. The second kappa shape index (κ2) is 11.2. The van der Waals surface area contributed by atoms with Crippen LogP contribution in [0.15, 0.2) is 0 Å². The molecule has 0 aromatic carbocycles. The Hall–Kier alpha value is 2.33. The third-order valence-electron chi connectivity index (χ3n) is 0.188. The maximum Gasteiger partial charge on any atom is 1.00 e. The van der Waals surface area contributed by atoms with Gasteiger partial charge in [0.05, 0.1) is 5.88 Å². The Morgan fingerprint density at radius 1 is 1.71 bits per heavy atom. The van der Waals surface area contributed by atoms with Crippen molar-refractivity contribution in [3.63, 3.8) is 0 Å². The van der Waals surface area contributed by atoms with E-state index in [1.54, 1.807) is 0 Å². The van der Waals surface area contributed by atoms with E-state index in [0.717, 1.165) is 0 Å². The maximum absolute atomic E-state index is 9.68. The molecule has 0 aromatic rings. The van der Waals surface area contributed by atoms with Crippen molar-refractivity contribution in [1.82, 2.24) is 0 Å². The fourth-order valence-electron chi connectivity index (χ4n) is 0. The Labute approximate surface area is 108 Å². The van der Waals surface area contributed by atoms with Gasteiger partial charge in [0.25, 0.3) is 0 Å². The molecule has 1 nitrogen and oxygen atoms in total. The number of rotatable bonds is 1. The van der Waals surface area contributed by atoms with Gasteiger partial charge in [-0.05, 0) is 6.92 Å². The predicted octanol–water partition coefficient (Wildman–Crippen LogP) is -5.18. The summed E-state index contributed by atoms with van der Waals surface area (Å²) in [5.74, 6) is 0.159. The molecular formula is C3H5ClIKO. The number of Topliss-reactive ketones (excluding diaryl/α,β-unsaturated/α-hetero) is 1. The second-order valence-electron chi connectivity index (χ2n) is 0.836. The quantitative estimate of drug-likeness (QED) is 0.261. The van der Waals surface area contributed by atoms with Gasteiger partial charge in [0.15, 0.2) is 0 Å². The van der Waals surface area contributed by atoms with E-state index in [2.05, 4.69) is 0 Å². The summed E-state index contributed by atoms with van der Waals surface area (Å²) in [6.45, 7) is 1.45. The van der Waals surface area contributed by atoms with Gasteiger partial charge in [0.2, 0.25) is 0 Å². The first kappa shape index (κ1) is 16.2. The van der Waals surface area contributed by atoms with Crippen LogP contribution in [0.25, 0.3) is 0 Å². The van der Waals surface area contributed by atoms with E-state index in [0.29, 0.717) is 0 Å². The number of halogens is 2. The third kappa shape index (κ3) is 17.8. The Morgan fingerprint density at radius 2 is 1.86 bits per heavy atom. The number of carbonyl (C=O) groups is 1. The molecule has 0 spiro atoms. The van der Waals surface area contributed by atoms with E-state index in [4.69, 9.17) is 11.6 Å². The van der Waals surface area contributed by atoms with E-state index in [9.17, 15) is 4.79 Å². The molecule has 0 atom stereocenters. The number of alkyl halides is 1. The first-order chi connectivity index (χ1) is 2.27. The van der Waals surface area contributed by atoms with Gasteiger partial charge in [-0.3, -0.25) is 4.79 Å². The predicted molar refractivity (Wildman–Crippen MR) is 21.4 cm³/mol. The van der Waals surface area contributed by atoms with Gasteiger partial charge in [-0.15, -0.1) is 11.6 Å². The Kier molecular flexibility index (Phi) is 25.8. The Morgan fingerprint density at radius 3 is 1.86 bits per heavy atom. The Bertz CT molecular complexity index is 50.2. The fraction of sp³-hybridized carbons (Fsp3) is 0.667. The monoisotopic (exact) mass is 258 g/mol. The first-order valence-corrected chi connectivity index (χ1v) is 1.86. The van der Waals surface area contributed by atoms with Crippen molar-refractivity contribution in [2.45, 2.75) is 6.92 Å². The van der Waals surface area contributed by atoms with Crippen molar-refractivity contribution >= 4 is 17.4 Å². The molecule has 0 heterocycles. The van der Waals surface area contributed by atoms with Gasteiger partial charge in [-0.2, -0.15) is 0 Å². The van der Waals surface area contributed by atoms with Crippen LogP contribution in [0.5, 0.6) is 0 Å². The summed E-state index contributed by atoms with van der Waals surface area (Å²) < 4.78 is 0. The van der Waals surface area contributed by atoms with Gasteiger partial charge in [0.1, 0.15) is 5.78 Å². The van der Waals surface area contributed by atoms with Crippen LogP contribution in [0.3, 0.4) is 0 Å².